The lowest BCUT2D eigenvalue weighted by Gasteiger charge is -2.28. The van der Waals surface area contributed by atoms with E-state index in [4.69, 9.17) is 0 Å². The van der Waals surface area contributed by atoms with E-state index in [2.05, 4.69) is 11.8 Å². The van der Waals surface area contributed by atoms with Crippen molar-refractivity contribution >= 4 is 17.7 Å². The van der Waals surface area contributed by atoms with Crippen LogP contribution in [0.2, 0.25) is 0 Å². The first-order valence-corrected chi connectivity index (χ1v) is 7.44. The highest BCUT2D eigenvalue weighted by atomic mass is 32.2. The number of amides is 1. The highest BCUT2D eigenvalue weighted by Gasteiger charge is 2.21. The fourth-order valence-electron chi connectivity index (χ4n) is 2.03. The van der Waals surface area contributed by atoms with Crippen LogP contribution in [0.5, 0.6) is 0 Å². The molecule has 0 aliphatic carbocycles. The third-order valence-corrected chi connectivity index (χ3v) is 4.28. The Kier molecular flexibility index (Phi) is 6.21. The minimum Gasteiger partial charge on any atom is -0.342 e. The molecule has 0 aromatic rings. The monoisotopic (exact) mass is 244 g/mol. The van der Waals surface area contributed by atoms with Crippen molar-refractivity contribution < 1.29 is 4.79 Å². The molecule has 0 aromatic heterocycles. The predicted molar refractivity (Wildman–Crippen MR) is 70.9 cm³/mol. The van der Waals surface area contributed by atoms with E-state index in [0.29, 0.717) is 12.6 Å². The number of nitrogens with zero attached hydrogens (tertiary/aromatic N) is 2. The van der Waals surface area contributed by atoms with E-state index in [1.54, 1.807) is 0 Å². The summed E-state index contributed by atoms with van der Waals surface area (Å²) in [5.74, 6) is 2.68. The first kappa shape index (κ1) is 13.8. The molecule has 1 rings (SSSR count). The number of hydrogen-bond acceptors (Lipinski definition) is 3. The number of carbonyl (C=O) groups excluding carboxylic acids is 1. The van der Waals surface area contributed by atoms with Crippen LogP contribution in [0.25, 0.3) is 0 Å². The van der Waals surface area contributed by atoms with Crippen molar-refractivity contribution in [3.63, 3.8) is 0 Å². The summed E-state index contributed by atoms with van der Waals surface area (Å²) in [6, 6.07) is 0.550. The Bertz CT molecular complexity index is 219. The molecule has 1 heterocycles. The SMILES string of the molecule is CCN(CC)C(=O)CN1CCSCCC1C. The normalized spacial score (nSPS) is 22.8. The van der Waals surface area contributed by atoms with Crippen molar-refractivity contribution in [1.82, 2.24) is 9.80 Å². The lowest BCUT2D eigenvalue weighted by atomic mass is 10.2. The summed E-state index contributed by atoms with van der Waals surface area (Å²) in [6.07, 6.45) is 1.20. The van der Waals surface area contributed by atoms with Gasteiger partial charge < -0.3 is 4.90 Å². The zero-order valence-corrected chi connectivity index (χ0v) is 11.6. The summed E-state index contributed by atoms with van der Waals surface area (Å²) in [7, 11) is 0. The first-order valence-electron chi connectivity index (χ1n) is 6.28. The smallest absolute Gasteiger partial charge is 0.236 e. The summed E-state index contributed by atoms with van der Waals surface area (Å²) < 4.78 is 0. The summed E-state index contributed by atoms with van der Waals surface area (Å²) in [6.45, 7) is 9.63. The van der Waals surface area contributed by atoms with Crippen LogP contribution in [0, 0.1) is 0 Å². The van der Waals surface area contributed by atoms with Crippen molar-refractivity contribution in [3.05, 3.63) is 0 Å². The topological polar surface area (TPSA) is 23.6 Å². The van der Waals surface area contributed by atoms with E-state index in [1.165, 1.54) is 12.2 Å². The molecule has 1 aliphatic rings. The van der Waals surface area contributed by atoms with Gasteiger partial charge in [-0.25, -0.2) is 0 Å². The fraction of sp³-hybridized carbons (Fsp3) is 0.917. The van der Waals surface area contributed by atoms with Gasteiger partial charge in [-0.2, -0.15) is 11.8 Å². The molecule has 0 bridgehead atoms. The maximum absolute atomic E-state index is 12.0. The maximum atomic E-state index is 12.0. The van der Waals surface area contributed by atoms with Crippen molar-refractivity contribution in [2.24, 2.45) is 0 Å². The second-order valence-electron chi connectivity index (χ2n) is 4.29. The Morgan fingerprint density at radius 1 is 1.38 bits per heavy atom. The van der Waals surface area contributed by atoms with Crippen LogP contribution < -0.4 is 0 Å². The van der Waals surface area contributed by atoms with Gasteiger partial charge >= 0.3 is 0 Å². The second-order valence-corrected chi connectivity index (χ2v) is 5.51. The van der Waals surface area contributed by atoms with Crippen LogP contribution in [-0.2, 0) is 4.79 Å². The number of likely N-dealkylation sites (N-methyl/N-ethyl adjacent to an activating group) is 1. The van der Waals surface area contributed by atoms with Crippen molar-refractivity contribution in [2.75, 3.05) is 37.7 Å². The molecule has 1 aliphatic heterocycles. The molecular weight excluding hydrogens is 220 g/mol. The largest absolute Gasteiger partial charge is 0.342 e. The van der Waals surface area contributed by atoms with E-state index in [-0.39, 0.29) is 5.91 Å². The molecule has 1 fully saturated rings. The van der Waals surface area contributed by atoms with Gasteiger partial charge in [-0.1, -0.05) is 0 Å². The van der Waals surface area contributed by atoms with Crippen LogP contribution in [0.1, 0.15) is 27.2 Å². The average Bonchev–Trinajstić information content (AvgIpc) is 2.46. The molecule has 1 unspecified atom stereocenters. The van der Waals surface area contributed by atoms with Crippen LogP contribution in [0.3, 0.4) is 0 Å². The number of hydrogen-bond donors (Lipinski definition) is 0. The molecule has 1 amide bonds. The van der Waals surface area contributed by atoms with E-state index in [1.807, 2.05) is 30.5 Å². The van der Waals surface area contributed by atoms with E-state index < -0.39 is 0 Å². The Balaban J connectivity index is 2.47. The van der Waals surface area contributed by atoms with Gasteiger partial charge in [-0.3, -0.25) is 9.69 Å². The third kappa shape index (κ3) is 3.98. The van der Waals surface area contributed by atoms with Crippen LogP contribution >= 0.6 is 11.8 Å². The van der Waals surface area contributed by atoms with Crippen molar-refractivity contribution in [2.45, 2.75) is 33.2 Å². The summed E-state index contributed by atoms with van der Waals surface area (Å²) in [4.78, 5) is 16.3. The highest BCUT2D eigenvalue weighted by Crippen LogP contribution is 2.15. The molecule has 0 aromatic carbocycles. The number of rotatable bonds is 4. The first-order chi connectivity index (χ1) is 7.69. The van der Waals surface area contributed by atoms with E-state index in [9.17, 15) is 4.79 Å². The molecule has 1 atom stereocenters. The van der Waals surface area contributed by atoms with E-state index >= 15 is 0 Å². The maximum Gasteiger partial charge on any atom is 0.236 e. The number of carbonyl (C=O) groups is 1. The molecule has 16 heavy (non-hydrogen) atoms. The highest BCUT2D eigenvalue weighted by molar-refractivity contribution is 7.99. The van der Waals surface area contributed by atoms with Crippen LogP contribution in [-0.4, -0.2) is 59.4 Å². The van der Waals surface area contributed by atoms with Crippen LogP contribution in [0.15, 0.2) is 0 Å². The molecule has 0 radical (unpaired) electrons. The Morgan fingerprint density at radius 3 is 2.69 bits per heavy atom. The van der Waals surface area contributed by atoms with Gasteiger partial charge in [0, 0.05) is 31.4 Å². The van der Waals surface area contributed by atoms with Gasteiger partial charge in [-0.15, -0.1) is 0 Å². The van der Waals surface area contributed by atoms with Gasteiger partial charge in [0.05, 0.1) is 6.54 Å². The minimum absolute atomic E-state index is 0.281. The van der Waals surface area contributed by atoms with Crippen molar-refractivity contribution in [3.8, 4) is 0 Å². The Labute approximate surface area is 104 Å². The number of thioether (sulfide) groups is 1. The van der Waals surface area contributed by atoms with Gasteiger partial charge in [0.1, 0.15) is 0 Å². The third-order valence-electron chi connectivity index (χ3n) is 3.28. The average molecular weight is 244 g/mol. The zero-order valence-electron chi connectivity index (χ0n) is 10.7. The molecule has 94 valence electrons. The molecule has 3 nitrogen and oxygen atoms in total. The minimum atomic E-state index is 0.281. The van der Waals surface area contributed by atoms with Gasteiger partial charge in [0.15, 0.2) is 0 Å². The van der Waals surface area contributed by atoms with E-state index in [0.717, 1.165) is 25.4 Å². The lowest BCUT2D eigenvalue weighted by Crippen LogP contribution is -2.44. The molecule has 1 saturated heterocycles. The molecular formula is C12H24N2OS. The van der Waals surface area contributed by atoms with Crippen LogP contribution in [0.4, 0.5) is 0 Å². The summed E-state index contributed by atoms with van der Waals surface area (Å²) >= 11 is 2.00. The van der Waals surface area contributed by atoms with Gasteiger partial charge in [-0.05, 0) is 32.9 Å². The Hall–Kier alpha value is -0.220. The standard InChI is InChI=1S/C12H24N2OS/c1-4-13(5-2)12(15)10-14-7-9-16-8-6-11(14)3/h11H,4-10H2,1-3H3. The molecule has 0 spiro atoms. The summed E-state index contributed by atoms with van der Waals surface area (Å²) in [5.41, 5.74) is 0. The molecule has 0 saturated carbocycles. The zero-order chi connectivity index (χ0) is 12.0. The quantitative estimate of drug-likeness (QED) is 0.752. The summed E-state index contributed by atoms with van der Waals surface area (Å²) in [5, 5.41) is 0. The second kappa shape index (κ2) is 7.17. The lowest BCUT2D eigenvalue weighted by molar-refractivity contribution is -0.132. The fourth-order valence-corrected chi connectivity index (χ4v) is 3.10. The van der Waals surface area contributed by atoms with Crippen molar-refractivity contribution in [1.29, 1.82) is 0 Å². The molecule has 4 heteroatoms. The predicted octanol–water partition coefficient (Wildman–Crippen LogP) is 1.68. The van der Waals surface area contributed by atoms with Gasteiger partial charge in [0.2, 0.25) is 5.91 Å². The van der Waals surface area contributed by atoms with Gasteiger partial charge in [0.25, 0.3) is 0 Å². The molecule has 0 N–H and O–H groups in total. The Morgan fingerprint density at radius 2 is 2.06 bits per heavy atom.